The number of esters is 1. The number of carbonyl (C=O) groups is 2. The fraction of sp³-hybridized carbons (Fsp3) is 0.818. The molecule has 0 unspecified atom stereocenters. The molecule has 7 nitrogen and oxygen atoms in total. The molecule has 0 spiro atoms. The van der Waals surface area contributed by atoms with E-state index in [0.29, 0.717) is 6.42 Å². The number of amides is 1. The van der Waals surface area contributed by atoms with Crippen LogP contribution in [0.1, 0.15) is 26.7 Å². The molecule has 3 N–H and O–H groups in total. The SMILES string of the molecule is CC1(C)O[C@H](COC(=O)CCCO)[C@H](C(N)=O)O1. The Morgan fingerprint density at radius 1 is 1.39 bits per heavy atom. The second-order valence-electron chi connectivity index (χ2n) is 4.51. The van der Waals surface area contributed by atoms with Gasteiger partial charge >= 0.3 is 5.97 Å². The summed E-state index contributed by atoms with van der Waals surface area (Å²) < 4.78 is 15.7. The van der Waals surface area contributed by atoms with E-state index in [0.717, 1.165) is 0 Å². The Hall–Kier alpha value is -1.18. The zero-order valence-electron chi connectivity index (χ0n) is 10.5. The van der Waals surface area contributed by atoms with Crippen LogP contribution in [0.3, 0.4) is 0 Å². The molecule has 0 bridgehead atoms. The highest BCUT2D eigenvalue weighted by atomic mass is 16.8. The van der Waals surface area contributed by atoms with Gasteiger partial charge in [0.1, 0.15) is 12.7 Å². The van der Waals surface area contributed by atoms with Crippen molar-refractivity contribution in [3.05, 3.63) is 0 Å². The van der Waals surface area contributed by atoms with Gasteiger partial charge in [-0.3, -0.25) is 9.59 Å². The Kier molecular flexibility index (Phi) is 5.06. The van der Waals surface area contributed by atoms with Crippen molar-refractivity contribution in [2.24, 2.45) is 5.73 Å². The number of carbonyl (C=O) groups excluding carboxylic acids is 2. The average Bonchev–Trinajstić information content (AvgIpc) is 2.59. The molecule has 0 aromatic carbocycles. The van der Waals surface area contributed by atoms with E-state index in [9.17, 15) is 9.59 Å². The molecule has 0 saturated carbocycles. The first kappa shape index (κ1) is 14.9. The first-order valence-corrected chi connectivity index (χ1v) is 5.77. The van der Waals surface area contributed by atoms with Crippen LogP contribution in [0.25, 0.3) is 0 Å². The smallest absolute Gasteiger partial charge is 0.305 e. The molecule has 18 heavy (non-hydrogen) atoms. The van der Waals surface area contributed by atoms with Crippen LogP contribution in [0.2, 0.25) is 0 Å². The van der Waals surface area contributed by atoms with Crippen molar-refractivity contribution >= 4 is 11.9 Å². The molecule has 1 fully saturated rings. The standard InChI is InChI=1S/C11H19NO6/c1-11(2)17-7(9(18-11)10(12)15)6-16-8(14)4-3-5-13/h7,9,13H,3-6H2,1-2H3,(H2,12,15)/t7-,9-/m1/s1. The molecular formula is C11H19NO6. The molecule has 0 radical (unpaired) electrons. The van der Waals surface area contributed by atoms with E-state index in [-0.39, 0.29) is 19.6 Å². The molecule has 1 amide bonds. The van der Waals surface area contributed by atoms with Gasteiger partial charge in [-0.2, -0.15) is 0 Å². The second kappa shape index (κ2) is 6.12. The van der Waals surface area contributed by atoms with E-state index >= 15 is 0 Å². The zero-order valence-corrected chi connectivity index (χ0v) is 10.5. The highest BCUT2D eigenvalue weighted by Gasteiger charge is 2.44. The predicted octanol–water partition coefficient (Wildman–Crippen LogP) is -0.692. The lowest BCUT2D eigenvalue weighted by Crippen LogP contribution is -2.39. The molecule has 0 aromatic heterocycles. The molecule has 2 atom stereocenters. The van der Waals surface area contributed by atoms with Crippen LogP contribution in [0.4, 0.5) is 0 Å². The number of nitrogens with two attached hydrogens (primary N) is 1. The maximum Gasteiger partial charge on any atom is 0.305 e. The van der Waals surface area contributed by atoms with Crippen molar-refractivity contribution in [1.29, 1.82) is 0 Å². The molecule has 1 saturated heterocycles. The Morgan fingerprint density at radius 3 is 2.61 bits per heavy atom. The van der Waals surface area contributed by atoms with Crippen LogP contribution in [-0.4, -0.2) is 48.2 Å². The Bertz CT molecular complexity index is 317. The molecule has 7 heteroatoms. The Morgan fingerprint density at radius 2 is 2.06 bits per heavy atom. The summed E-state index contributed by atoms with van der Waals surface area (Å²) in [5.41, 5.74) is 5.18. The number of aliphatic hydroxyl groups is 1. The minimum Gasteiger partial charge on any atom is -0.463 e. The third-order valence-electron chi connectivity index (χ3n) is 2.41. The van der Waals surface area contributed by atoms with Gasteiger partial charge in [-0.15, -0.1) is 0 Å². The lowest BCUT2D eigenvalue weighted by Gasteiger charge is -2.16. The molecule has 1 aliphatic heterocycles. The first-order chi connectivity index (χ1) is 8.35. The van der Waals surface area contributed by atoms with Gasteiger partial charge in [-0.1, -0.05) is 0 Å². The number of aliphatic hydroxyl groups excluding tert-OH is 1. The third-order valence-corrected chi connectivity index (χ3v) is 2.41. The molecule has 1 heterocycles. The molecular weight excluding hydrogens is 242 g/mol. The van der Waals surface area contributed by atoms with Crippen LogP contribution >= 0.6 is 0 Å². The number of primary amides is 1. The van der Waals surface area contributed by atoms with Gasteiger partial charge in [0.15, 0.2) is 11.9 Å². The largest absolute Gasteiger partial charge is 0.463 e. The summed E-state index contributed by atoms with van der Waals surface area (Å²) in [4.78, 5) is 22.4. The van der Waals surface area contributed by atoms with Gasteiger partial charge in [0, 0.05) is 13.0 Å². The van der Waals surface area contributed by atoms with E-state index in [1.54, 1.807) is 13.8 Å². The van der Waals surface area contributed by atoms with Crippen molar-refractivity contribution in [2.45, 2.75) is 44.7 Å². The molecule has 1 rings (SSSR count). The van der Waals surface area contributed by atoms with Crippen molar-refractivity contribution in [3.8, 4) is 0 Å². The average molecular weight is 261 g/mol. The van der Waals surface area contributed by atoms with Crippen molar-refractivity contribution in [3.63, 3.8) is 0 Å². The predicted molar refractivity (Wildman–Crippen MR) is 60.3 cm³/mol. The summed E-state index contributed by atoms with van der Waals surface area (Å²) in [6.07, 6.45) is -1.17. The molecule has 0 aromatic rings. The monoisotopic (exact) mass is 261 g/mol. The van der Waals surface area contributed by atoms with E-state index in [2.05, 4.69) is 0 Å². The quantitative estimate of drug-likeness (QED) is 0.612. The summed E-state index contributed by atoms with van der Waals surface area (Å²) in [5, 5.41) is 8.56. The van der Waals surface area contributed by atoms with Gasteiger partial charge in [-0.25, -0.2) is 0 Å². The van der Waals surface area contributed by atoms with Crippen LogP contribution in [0.5, 0.6) is 0 Å². The normalized spacial score (nSPS) is 25.9. The second-order valence-corrected chi connectivity index (χ2v) is 4.51. The van der Waals surface area contributed by atoms with E-state index < -0.39 is 29.9 Å². The maximum absolute atomic E-state index is 11.3. The summed E-state index contributed by atoms with van der Waals surface area (Å²) in [6, 6.07) is 0. The Balaban J connectivity index is 2.45. The minimum absolute atomic E-state index is 0.0743. The number of hydrogen-bond acceptors (Lipinski definition) is 6. The zero-order chi connectivity index (χ0) is 13.8. The van der Waals surface area contributed by atoms with E-state index in [1.807, 2.05) is 0 Å². The van der Waals surface area contributed by atoms with Crippen molar-refractivity contribution in [2.75, 3.05) is 13.2 Å². The summed E-state index contributed by atoms with van der Waals surface area (Å²) in [7, 11) is 0. The van der Waals surface area contributed by atoms with Gasteiger partial charge in [0.25, 0.3) is 0 Å². The Labute approximate surface area is 105 Å². The highest BCUT2D eigenvalue weighted by Crippen LogP contribution is 2.28. The lowest BCUT2D eigenvalue weighted by molar-refractivity contribution is -0.161. The van der Waals surface area contributed by atoms with E-state index in [4.69, 9.17) is 25.1 Å². The van der Waals surface area contributed by atoms with E-state index in [1.165, 1.54) is 0 Å². The molecule has 0 aliphatic carbocycles. The number of hydrogen-bond donors (Lipinski definition) is 2. The summed E-state index contributed by atoms with van der Waals surface area (Å²) in [5.74, 6) is -2.04. The highest BCUT2D eigenvalue weighted by molar-refractivity contribution is 5.80. The van der Waals surface area contributed by atoms with Gasteiger partial charge in [0.2, 0.25) is 5.91 Å². The van der Waals surface area contributed by atoms with Crippen molar-refractivity contribution < 1.29 is 28.9 Å². The fourth-order valence-electron chi connectivity index (χ4n) is 1.67. The van der Waals surface area contributed by atoms with Crippen LogP contribution in [0, 0.1) is 0 Å². The fourth-order valence-corrected chi connectivity index (χ4v) is 1.67. The van der Waals surface area contributed by atoms with Gasteiger partial charge in [0.05, 0.1) is 0 Å². The van der Waals surface area contributed by atoms with Gasteiger partial charge in [-0.05, 0) is 20.3 Å². The van der Waals surface area contributed by atoms with Crippen LogP contribution in [-0.2, 0) is 23.8 Å². The molecule has 104 valence electrons. The third kappa shape index (κ3) is 4.25. The van der Waals surface area contributed by atoms with Crippen LogP contribution < -0.4 is 5.73 Å². The summed E-state index contributed by atoms with van der Waals surface area (Å²) in [6.45, 7) is 3.13. The maximum atomic E-state index is 11.3. The van der Waals surface area contributed by atoms with Gasteiger partial charge < -0.3 is 25.1 Å². The van der Waals surface area contributed by atoms with Crippen molar-refractivity contribution in [1.82, 2.24) is 0 Å². The van der Waals surface area contributed by atoms with Crippen LogP contribution in [0.15, 0.2) is 0 Å². The lowest BCUT2D eigenvalue weighted by atomic mass is 10.2. The summed E-state index contributed by atoms with van der Waals surface area (Å²) >= 11 is 0. The number of ether oxygens (including phenoxy) is 3. The number of rotatable bonds is 6. The molecule has 1 aliphatic rings. The first-order valence-electron chi connectivity index (χ1n) is 5.77. The topological polar surface area (TPSA) is 108 Å². The minimum atomic E-state index is -0.929.